The summed E-state index contributed by atoms with van der Waals surface area (Å²) in [7, 11) is 0. The maximum Gasteiger partial charge on any atom is 0.122 e. The van der Waals surface area contributed by atoms with Crippen LogP contribution in [0.25, 0.3) is 22.5 Å². The molecule has 0 fully saturated rings. The van der Waals surface area contributed by atoms with Crippen molar-refractivity contribution >= 4 is 18.5 Å². The molecule has 0 saturated heterocycles. The van der Waals surface area contributed by atoms with Crippen LogP contribution in [0, 0.1) is 0 Å². The van der Waals surface area contributed by atoms with Crippen molar-refractivity contribution in [1.29, 1.82) is 0 Å². The normalized spacial score (nSPS) is 12.9. The SMILES string of the molecule is [S-]N1Cc2ccccc2-c2n[nH]nc2-c2ccccc21. The zero-order chi connectivity index (χ0) is 13.5. The van der Waals surface area contributed by atoms with Gasteiger partial charge in [0.1, 0.15) is 11.4 Å². The Morgan fingerprint density at radius 2 is 1.55 bits per heavy atom. The average molecular weight is 279 g/mol. The molecule has 0 spiro atoms. The summed E-state index contributed by atoms with van der Waals surface area (Å²) in [6.07, 6.45) is 0. The number of benzene rings is 2. The van der Waals surface area contributed by atoms with Gasteiger partial charge in [-0.2, -0.15) is 15.4 Å². The molecule has 4 rings (SSSR count). The van der Waals surface area contributed by atoms with Crippen molar-refractivity contribution in [2.75, 3.05) is 4.31 Å². The highest BCUT2D eigenvalue weighted by molar-refractivity contribution is 7.60. The van der Waals surface area contributed by atoms with E-state index in [1.165, 1.54) is 0 Å². The number of rotatable bonds is 0. The molecule has 1 aliphatic heterocycles. The van der Waals surface area contributed by atoms with Gasteiger partial charge in [-0.1, -0.05) is 42.5 Å². The number of aromatic nitrogens is 3. The molecule has 0 bridgehead atoms. The minimum Gasteiger partial charge on any atom is -0.667 e. The maximum absolute atomic E-state index is 5.54. The van der Waals surface area contributed by atoms with Gasteiger partial charge in [0.2, 0.25) is 0 Å². The summed E-state index contributed by atoms with van der Waals surface area (Å²) < 4.78 is 1.84. The van der Waals surface area contributed by atoms with Crippen LogP contribution in [0.4, 0.5) is 5.69 Å². The minimum atomic E-state index is 0.675. The molecule has 1 N–H and O–H groups in total. The van der Waals surface area contributed by atoms with E-state index >= 15 is 0 Å². The molecule has 0 atom stereocenters. The molecular formula is C15H11N4S-. The minimum absolute atomic E-state index is 0.675. The van der Waals surface area contributed by atoms with Crippen LogP contribution in [0.15, 0.2) is 48.5 Å². The number of nitrogens with one attached hydrogen (secondary N) is 1. The van der Waals surface area contributed by atoms with E-state index in [1.807, 2.05) is 40.7 Å². The van der Waals surface area contributed by atoms with Gasteiger partial charge >= 0.3 is 0 Å². The quantitative estimate of drug-likeness (QED) is 0.643. The molecule has 0 unspecified atom stereocenters. The predicted molar refractivity (Wildman–Crippen MR) is 80.8 cm³/mol. The Balaban J connectivity index is 2.07. The summed E-state index contributed by atoms with van der Waals surface area (Å²) in [5.41, 5.74) is 5.99. The fourth-order valence-electron chi connectivity index (χ4n) is 2.63. The lowest BCUT2D eigenvalue weighted by Gasteiger charge is -2.35. The van der Waals surface area contributed by atoms with Crippen molar-refractivity contribution in [2.45, 2.75) is 6.54 Å². The van der Waals surface area contributed by atoms with Gasteiger partial charge in [0.25, 0.3) is 0 Å². The van der Waals surface area contributed by atoms with E-state index in [0.717, 1.165) is 33.8 Å². The fraction of sp³-hybridized carbons (Fsp3) is 0.0667. The molecule has 0 radical (unpaired) electrons. The first-order chi connectivity index (χ1) is 9.84. The largest absolute Gasteiger partial charge is 0.667 e. The summed E-state index contributed by atoms with van der Waals surface area (Å²) in [6, 6.07) is 16.2. The van der Waals surface area contributed by atoms with Gasteiger partial charge in [-0.05, 0) is 11.6 Å². The van der Waals surface area contributed by atoms with Crippen LogP contribution in [-0.2, 0) is 19.4 Å². The number of H-pyrrole nitrogens is 1. The van der Waals surface area contributed by atoms with E-state index in [2.05, 4.69) is 27.5 Å². The third-order valence-corrected chi connectivity index (χ3v) is 3.89. The van der Waals surface area contributed by atoms with Gasteiger partial charge in [-0.15, -0.1) is 0 Å². The number of para-hydroxylation sites is 1. The van der Waals surface area contributed by atoms with Crippen LogP contribution >= 0.6 is 0 Å². The lowest BCUT2D eigenvalue weighted by Crippen LogP contribution is -2.17. The van der Waals surface area contributed by atoms with Gasteiger partial charge in [0.05, 0.1) is 0 Å². The van der Waals surface area contributed by atoms with E-state index in [9.17, 15) is 0 Å². The lowest BCUT2D eigenvalue weighted by molar-refractivity contribution is 0.944. The van der Waals surface area contributed by atoms with Crippen molar-refractivity contribution in [3.8, 4) is 22.5 Å². The molecule has 4 nitrogen and oxygen atoms in total. The van der Waals surface area contributed by atoms with Crippen LogP contribution in [0.1, 0.15) is 5.56 Å². The summed E-state index contributed by atoms with van der Waals surface area (Å²) in [6.45, 7) is 0.675. The Kier molecular flexibility index (Phi) is 2.53. The molecule has 3 aromatic rings. The third kappa shape index (κ3) is 1.63. The molecule has 0 aliphatic carbocycles. The van der Waals surface area contributed by atoms with Crippen molar-refractivity contribution in [1.82, 2.24) is 15.4 Å². The van der Waals surface area contributed by atoms with E-state index in [1.54, 1.807) is 0 Å². The number of nitrogens with zero attached hydrogens (tertiary/aromatic N) is 3. The number of hydrogen-bond donors (Lipinski definition) is 1. The summed E-state index contributed by atoms with van der Waals surface area (Å²) in [5, 5.41) is 11.4. The molecule has 2 aromatic carbocycles. The fourth-order valence-corrected chi connectivity index (χ4v) is 2.93. The molecule has 0 saturated carbocycles. The van der Waals surface area contributed by atoms with Gasteiger partial charge < -0.3 is 17.1 Å². The lowest BCUT2D eigenvalue weighted by atomic mass is 9.97. The van der Waals surface area contributed by atoms with Crippen molar-refractivity contribution in [3.05, 3.63) is 54.1 Å². The molecule has 0 amide bonds. The highest BCUT2D eigenvalue weighted by atomic mass is 32.1. The van der Waals surface area contributed by atoms with Crippen LogP contribution in [0.2, 0.25) is 0 Å². The predicted octanol–water partition coefficient (Wildman–Crippen LogP) is 2.92. The molecule has 98 valence electrons. The first kappa shape index (κ1) is 11.5. The van der Waals surface area contributed by atoms with E-state index in [4.69, 9.17) is 12.8 Å². The smallest absolute Gasteiger partial charge is 0.122 e. The van der Waals surface area contributed by atoms with Crippen LogP contribution in [-0.4, -0.2) is 15.4 Å². The van der Waals surface area contributed by atoms with Gasteiger partial charge in [0, 0.05) is 23.4 Å². The number of anilines is 1. The van der Waals surface area contributed by atoms with Crippen LogP contribution in [0.3, 0.4) is 0 Å². The second-order valence-corrected chi connectivity index (χ2v) is 5.17. The first-order valence-corrected chi connectivity index (χ1v) is 6.74. The molecule has 20 heavy (non-hydrogen) atoms. The second kappa shape index (κ2) is 4.38. The summed E-state index contributed by atoms with van der Waals surface area (Å²) >= 11 is 5.54. The van der Waals surface area contributed by atoms with E-state index in [0.29, 0.717) is 6.54 Å². The Bertz CT molecular complexity index is 781. The van der Waals surface area contributed by atoms with E-state index in [-0.39, 0.29) is 0 Å². The maximum atomic E-state index is 5.54. The van der Waals surface area contributed by atoms with Gasteiger partial charge in [-0.25, -0.2) is 0 Å². The Morgan fingerprint density at radius 3 is 2.40 bits per heavy atom. The van der Waals surface area contributed by atoms with Gasteiger partial charge in [-0.3, -0.25) is 0 Å². The third-order valence-electron chi connectivity index (χ3n) is 3.56. The monoisotopic (exact) mass is 279 g/mol. The molecular weight excluding hydrogens is 268 g/mol. The van der Waals surface area contributed by atoms with Crippen molar-refractivity contribution in [3.63, 3.8) is 0 Å². The Morgan fingerprint density at radius 1 is 0.900 bits per heavy atom. The molecule has 1 aliphatic rings. The molecule has 5 heteroatoms. The Hall–Kier alpha value is -2.27. The van der Waals surface area contributed by atoms with Crippen LogP contribution in [0.5, 0.6) is 0 Å². The number of fused-ring (bicyclic) bond motifs is 5. The standard InChI is InChI=1S/C15H11N4S/c20-19-9-10-5-1-2-6-11(10)14-15(17-18-16-14)12-7-3-4-8-13(12)19/h1-8H,9H2,(H,16,17,18)/q-1. The number of aromatic amines is 1. The molecule has 1 aromatic heterocycles. The second-order valence-electron chi connectivity index (χ2n) is 4.73. The molecule has 2 heterocycles. The summed E-state index contributed by atoms with van der Waals surface area (Å²) in [4.78, 5) is 0. The highest BCUT2D eigenvalue weighted by Gasteiger charge is 2.20. The average Bonchev–Trinajstić information content (AvgIpc) is 2.95. The highest BCUT2D eigenvalue weighted by Crippen LogP contribution is 2.39. The zero-order valence-corrected chi connectivity index (χ0v) is 11.4. The van der Waals surface area contributed by atoms with E-state index < -0.39 is 0 Å². The van der Waals surface area contributed by atoms with Gasteiger partial charge in [0.15, 0.2) is 0 Å². The summed E-state index contributed by atoms with van der Waals surface area (Å²) in [5.74, 6) is 0. The van der Waals surface area contributed by atoms with Crippen molar-refractivity contribution in [2.24, 2.45) is 0 Å². The number of hydrogen-bond acceptors (Lipinski definition) is 4. The topological polar surface area (TPSA) is 44.8 Å². The van der Waals surface area contributed by atoms with Crippen LogP contribution < -0.4 is 4.31 Å². The first-order valence-electron chi connectivity index (χ1n) is 6.38. The zero-order valence-electron chi connectivity index (χ0n) is 10.6. The Labute approximate surface area is 122 Å². The van der Waals surface area contributed by atoms with Crippen molar-refractivity contribution < 1.29 is 0 Å².